The van der Waals surface area contributed by atoms with Gasteiger partial charge in [-0.3, -0.25) is 0 Å². The van der Waals surface area contributed by atoms with Crippen molar-refractivity contribution in [2.24, 2.45) is 0 Å². The van der Waals surface area contributed by atoms with Crippen LogP contribution in [0.4, 0.5) is 8.78 Å². The van der Waals surface area contributed by atoms with Gasteiger partial charge in [0.15, 0.2) is 5.82 Å². The maximum absolute atomic E-state index is 14.2. The second-order valence-corrected chi connectivity index (χ2v) is 5.66. The molecule has 2 aromatic carbocycles. The lowest BCUT2D eigenvalue weighted by Crippen LogP contribution is -1.97. The molecule has 0 N–H and O–H groups in total. The number of nitrogens with zero attached hydrogens (tertiary/aromatic N) is 2. The van der Waals surface area contributed by atoms with Gasteiger partial charge in [-0.15, -0.1) is 0 Å². The molecule has 7 heteroatoms. The van der Waals surface area contributed by atoms with Crippen LogP contribution in [0.25, 0.3) is 0 Å². The maximum Gasteiger partial charge on any atom is 0.156 e. The van der Waals surface area contributed by atoms with Gasteiger partial charge in [0.05, 0.1) is 14.9 Å². The quantitative estimate of drug-likeness (QED) is 0.757. The molecule has 104 valence electrons. The predicted molar refractivity (Wildman–Crippen MR) is 76.4 cm³/mol. The Bertz CT molecular complexity index is 790. The van der Waals surface area contributed by atoms with E-state index in [-0.39, 0.29) is 14.9 Å². The molecule has 0 spiro atoms. The smallest absolute Gasteiger partial charge is 0.156 e. The first-order valence-corrected chi connectivity index (χ1v) is 7.01. The summed E-state index contributed by atoms with van der Waals surface area (Å²) >= 11 is 12.7. The van der Waals surface area contributed by atoms with E-state index in [4.69, 9.17) is 33.7 Å². The third-order valence-electron chi connectivity index (χ3n) is 2.54. The molecular weight excluding hydrogens is 337 g/mol. The van der Waals surface area contributed by atoms with E-state index in [9.17, 15) is 8.78 Å². The van der Waals surface area contributed by atoms with Crippen LogP contribution in [0.15, 0.2) is 34.1 Å². The van der Waals surface area contributed by atoms with Crippen molar-refractivity contribution in [1.82, 2.24) is 0 Å². The molecule has 0 heterocycles. The molecule has 2 nitrogen and oxygen atoms in total. The van der Waals surface area contributed by atoms with E-state index in [1.54, 1.807) is 18.2 Å². The Kier molecular flexibility index (Phi) is 4.69. The normalized spacial score (nSPS) is 10.0. The highest BCUT2D eigenvalue weighted by atomic mass is 35.5. The van der Waals surface area contributed by atoms with E-state index in [1.807, 2.05) is 0 Å². The third-order valence-corrected chi connectivity index (χ3v) is 4.55. The molecule has 0 radical (unpaired) electrons. The summed E-state index contributed by atoms with van der Waals surface area (Å²) in [5.41, 5.74) is -1.26. The summed E-state index contributed by atoms with van der Waals surface area (Å²) in [6.07, 6.45) is 0. The molecular formula is C14H4Cl2F2N2S. The number of hydrogen-bond acceptors (Lipinski definition) is 3. The highest BCUT2D eigenvalue weighted by Gasteiger charge is 2.20. The van der Waals surface area contributed by atoms with Crippen LogP contribution < -0.4 is 0 Å². The summed E-state index contributed by atoms with van der Waals surface area (Å²) in [4.78, 5) is 0.172. The van der Waals surface area contributed by atoms with Gasteiger partial charge in [-0.1, -0.05) is 41.0 Å². The van der Waals surface area contributed by atoms with Crippen molar-refractivity contribution >= 4 is 35.0 Å². The van der Waals surface area contributed by atoms with Crippen LogP contribution in [0.3, 0.4) is 0 Å². The van der Waals surface area contributed by atoms with E-state index in [2.05, 4.69) is 0 Å². The predicted octanol–water partition coefficient (Wildman–Crippen LogP) is 5.17. The second kappa shape index (κ2) is 6.32. The van der Waals surface area contributed by atoms with Gasteiger partial charge in [0.1, 0.15) is 29.1 Å². The van der Waals surface area contributed by atoms with Crippen LogP contribution in [-0.4, -0.2) is 0 Å². The summed E-state index contributed by atoms with van der Waals surface area (Å²) in [5, 5.41) is 18.2. The average molecular weight is 341 g/mol. The van der Waals surface area contributed by atoms with E-state index in [0.717, 1.165) is 17.8 Å². The van der Waals surface area contributed by atoms with E-state index >= 15 is 0 Å². The zero-order valence-electron chi connectivity index (χ0n) is 10.1. The Morgan fingerprint density at radius 2 is 1.57 bits per heavy atom. The number of benzene rings is 2. The van der Waals surface area contributed by atoms with Crippen molar-refractivity contribution in [3.05, 3.63) is 57.1 Å². The molecule has 0 aliphatic heterocycles. The van der Waals surface area contributed by atoms with Crippen molar-refractivity contribution in [2.45, 2.75) is 9.79 Å². The summed E-state index contributed by atoms with van der Waals surface area (Å²) in [6, 6.07) is 8.54. The van der Waals surface area contributed by atoms with Gasteiger partial charge in [-0.25, -0.2) is 8.78 Å². The summed E-state index contributed by atoms with van der Waals surface area (Å²) in [6.45, 7) is 0. The minimum atomic E-state index is -0.976. The Balaban J connectivity index is 2.60. The highest BCUT2D eigenvalue weighted by molar-refractivity contribution is 7.99. The zero-order chi connectivity index (χ0) is 15.6. The number of rotatable bonds is 2. The van der Waals surface area contributed by atoms with Crippen LogP contribution in [0.1, 0.15) is 11.1 Å². The second-order valence-electron chi connectivity index (χ2n) is 3.80. The molecule has 2 rings (SSSR count). The van der Waals surface area contributed by atoms with Gasteiger partial charge in [-0.2, -0.15) is 10.5 Å². The molecule has 0 saturated carbocycles. The SMILES string of the molecule is N#Cc1c(F)cc(Sc2c(Cl)cccc2Cl)c(F)c1C#N. The lowest BCUT2D eigenvalue weighted by Gasteiger charge is -2.09. The minimum absolute atomic E-state index is 0.168. The lowest BCUT2D eigenvalue weighted by atomic mass is 10.1. The Labute approximate surface area is 133 Å². The van der Waals surface area contributed by atoms with Gasteiger partial charge in [0.2, 0.25) is 0 Å². The fraction of sp³-hybridized carbons (Fsp3) is 0. The summed E-state index contributed by atoms with van der Waals surface area (Å²) in [7, 11) is 0. The fourth-order valence-electron chi connectivity index (χ4n) is 1.58. The Hall–Kier alpha value is -1.79. The third kappa shape index (κ3) is 2.96. The first-order chi connectivity index (χ1) is 9.99. The number of nitriles is 2. The Morgan fingerprint density at radius 1 is 1.00 bits per heavy atom. The Morgan fingerprint density at radius 3 is 2.10 bits per heavy atom. The average Bonchev–Trinajstić information content (AvgIpc) is 2.45. The van der Waals surface area contributed by atoms with Gasteiger partial charge >= 0.3 is 0 Å². The van der Waals surface area contributed by atoms with Crippen molar-refractivity contribution in [3.8, 4) is 12.1 Å². The van der Waals surface area contributed by atoms with Gasteiger partial charge in [-0.05, 0) is 18.2 Å². The summed E-state index contributed by atoms with van der Waals surface area (Å²) < 4.78 is 28.0. The van der Waals surface area contributed by atoms with Gasteiger partial charge in [0.25, 0.3) is 0 Å². The van der Waals surface area contributed by atoms with Crippen LogP contribution in [-0.2, 0) is 0 Å². The highest BCUT2D eigenvalue weighted by Crippen LogP contribution is 2.40. The number of hydrogen-bond donors (Lipinski definition) is 0. The van der Waals surface area contributed by atoms with Crippen LogP contribution in [0.5, 0.6) is 0 Å². The van der Waals surface area contributed by atoms with Gasteiger partial charge in [0, 0.05) is 4.90 Å². The standard InChI is InChI=1S/C14H4Cl2F2N2S/c15-9-2-1-3-10(16)14(9)21-12-4-11(17)7(5-19)8(6-20)13(12)18/h1-4H. The largest absolute Gasteiger partial charge is 0.205 e. The molecule has 0 atom stereocenters. The first-order valence-electron chi connectivity index (χ1n) is 5.43. The van der Waals surface area contributed by atoms with E-state index in [1.165, 1.54) is 12.1 Å². The molecule has 0 aliphatic carbocycles. The fourth-order valence-corrected chi connectivity index (χ4v) is 3.12. The molecule has 0 bridgehead atoms. The monoisotopic (exact) mass is 340 g/mol. The van der Waals surface area contributed by atoms with Crippen molar-refractivity contribution in [2.75, 3.05) is 0 Å². The molecule has 21 heavy (non-hydrogen) atoms. The molecule has 0 amide bonds. The molecule has 0 aromatic heterocycles. The molecule has 0 aliphatic rings. The topological polar surface area (TPSA) is 47.6 Å². The lowest BCUT2D eigenvalue weighted by molar-refractivity contribution is 0.571. The van der Waals surface area contributed by atoms with Crippen molar-refractivity contribution in [3.63, 3.8) is 0 Å². The maximum atomic E-state index is 14.2. The summed E-state index contributed by atoms with van der Waals surface area (Å²) in [5.74, 6) is -1.95. The molecule has 2 aromatic rings. The van der Waals surface area contributed by atoms with E-state index in [0.29, 0.717) is 4.90 Å². The minimum Gasteiger partial charge on any atom is -0.205 e. The number of halogens is 4. The van der Waals surface area contributed by atoms with Crippen molar-refractivity contribution < 1.29 is 8.78 Å². The zero-order valence-corrected chi connectivity index (χ0v) is 12.5. The molecule has 0 saturated heterocycles. The van der Waals surface area contributed by atoms with Crippen LogP contribution in [0, 0.1) is 34.3 Å². The molecule has 0 fully saturated rings. The van der Waals surface area contributed by atoms with Gasteiger partial charge < -0.3 is 0 Å². The van der Waals surface area contributed by atoms with Crippen molar-refractivity contribution in [1.29, 1.82) is 10.5 Å². The molecule has 0 unspecified atom stereocenters. The van der Waals surface area contributed by atoms with Crippen LogP contribution in [0.2, 0.25) is 10.0 Å². The first kappa shape index (κ1) is 15.6. The van der Waals surface area contributed by atoms with E-state index < -0.39 is 22.8 Å². The van der Waals surface area contributed by atoms with Crippen LogP contribution >= 0.6 is 35.0 Å².